The third kappa shape index (κ3) is 7.90. The zero-order valence-corrected chi connectivity index (χ0v) is 13.3. The van der Waals surface area contributed by atoms with Crippen LogP contribution in [0.3, 0.4) is 0 Å². The van der Waals surface area contributed by atoms with Crippen molar-refractivity contribution in [2.45, 2.75) is 52.4 Å². The van der Waals surface area contributed by atoms with Crippen molar-refractivity contribution in [3.8, 4) is 0 Å². The predicted octanol–water partition coefficient (Wildman–Crippen LogP) is 2.12. The second kappa shape index (κ2) is 8.93. The molecule has 0 aromatic rings. The second-order valence-corrected chi connectivity index (χ2v) is 7.78. The summed E-state index contributed by atoms with van der Waals surface area (Å²) in [6.45, 7) is 6.84. The maximum Gasteiger partial charge on any atom is 0.211 e. The quantitative estimate of drug-likeness (QED) is 0.640. The topological polar surface area (TPSA) is 58.2 Å². The lowest BCUT2D eigenvalue weighted by molar-refractivity contribution is 0.290. The van der Waals surface area contributed by atoms with Crippen LogP contribution >= 0.6 is 0 Å². The second-order valence-electron chi connectivity index (χ2n) is 5.85. The lowest BCUT2D eigenvalue weighted by atomic mass is 9.83. The zero-order chi connectivity index (χ0) is 14.1. The number of unbranched alkanes of at least 4 members (excludes halogenated alkanes) is 1. The lowest BCUT2D eigenvalue weighted by Crippen LogP contribution is -2.33. The first kappa shape index (κ1) is 16.9. The maximum atomic E-state index is 11.8. The fraction of sp³-hybridized carbons (Fsp3) is 1.00. The molecule has 0 aliphatic heterocycles. The summed E-state index contributed by atoms with van der Waals surface area (Å²) in [7, 11) is -3.06. The molecule has 4 nitrogen and oxygen atoms in total. The Balaban J connectivity index is 2.12. The van der Waals surface area contributed by atoms with E-state index in [1.807, 2.05) is 0 Å². The molecule has 1 fully saturated rings. The van der Waals surface area contributed by atoms with E-state index in [4.69, 9.17) is 0 Å². The first-order valence-corrected chi connectivity index (χ1v) is 9.36. The van der Waals surface area contributed by atoms with Gasteiger partial charge < -0.3 is 5.32 Å². The fourth-order valence-electron chi connectivity index (χ4n) is 2.57. The molecule has 0 aromatic carbocycles. The molecule has 0 spiro atoms. The highest BCUT2D eigenvalue weighted by Crippen LogP contribution is 2.27. The minimum Gasteiger partial charge on any atom is -0.317 e. The summed E-state index contributed by atoms with van der Waals surface area (Å²) >= 11 is 0. The number of nitrogens with one attached hydrogen (secondary N) is 2. The third-order valence-electron chi connectivity index (χ3n) is 3.99. The minimum absolute atomic E-state index is 0.265. The van der Waals surface area contributed by atoms with Crippen molar-refractivity contribution in [3.63, 3.8) is 0 Å². The molecule has 2 N–H and O–H groups in total. The molecule has 1 aliphatic carbocycles. The van der Waals surface area contributed by atoms with E-state index < -0.39 is 10.0 Å². The van der Waals surface area contributed by atoms with Crippen molar-refractivity contribution in [2.75, 3.05) is 25.4 Å². The number of sulfonamides is 1. The number of hydrogen-bond acceptors (Lipinski definition) is 3. The van der Waals surface area contributed by atoms with E-state index in [0.717, 1.165) is 31.8 Å². The zero-order valence-electron chi connectivity index (χ0n) is 12.5. The smallest absolute Gasteiger partial charge is 0.211 e. The van der Waals surface area contributed by atoms with Gasteiger partial charge in [-0.05, 0) is 50.6 Å². The molecule has 19 heavy (non-hydrogen) atoms. The standard InChI is InChI=1S/C14H30N2O2S/c1-3-15-10-4-5-11-19(17,18)16-12-14-8-6-13(2)7-9-14/h13-16H,3-12H2,1-2H3. The summed E-state index contributed by atoms with van der Waals surface area (Å²) in [5.74, 6) is 1.63. The first-order chi connectivity index (χ1) is 9.03. The molecule has 1 aliphatic rings. The van der Waals surface area contributed by atoms with Gasteiger partial charge in [0.25, 0.3) is 0 Å². The van der Waals surface area contributed by atoms with Crippen molar-refractivity contribution < 1.29 is 8.42 Å². The summed E-state index contributed by atoms with van der Waals surface area (Å²) < 4.78 is 26.5. The van der Waals surface area contributed by atoms with Crippen LogP contribution in [0.4, 0.5) is 0 Å². The molecule has 0 heterocycles. The van der Waals surface area contributed by atoms with Crippen LogP contribution in [0.15, 0.2) is 0 Å². The fourth-order valence-corrected chi connectivity index (χ4v) is 3.79. The van der Waals surface area contributed by atoms with Crippen LogP contribution < -0.4 is 10.0 Å². The molecular formula is C14H30N2O2S. The monoisotopic (exact) mass is 290 g/mol. The van der Waals surface area contributed by atoms with Gasteiger partial charge in [0, 0.05) is 6.54 Å². The number of hydrogen-bond donors (Lipinski definition) is 2. The first-order valence-electron chi connectivity index (χ1n) is 7.71. The Labute approximate surface area is 118 Å². The van der Waals surface area contributed by atoms with Gasteiger partial charge in [-0.3, -0.25) is 0 Å². The lowest BCUT2D eigenvalue weighted by Gasteiger charge is -2.26. The molecule has 0 radical (unpaired) electrons. The molecule has 1 rings (SSSR count). The average Bonchev–Trinajstić information content (AvgIpc) is 2.38. The highest BCUT2D eigenvalue weighted by atomic mass is 32.2. The van der Waals surface area contributed by atoms with E-state index >= 15 is 0 Å². The molecule has 5 heteroatoms. The summed E-state index contributed by atoms with van der Waals surface area (Å²) in [4.78, 5) is 0. The van der Waals surface area contributed by atoms with E-state index in [9.17, 15) is 8.42 Å². The molecule has 0 aromatic heterocycles. The molecule has 0 amide bonds. The van der Waals surface area contributed by atoms with Crippen LogP contribution in [0, 0.1) is 11.8 Å². The summed E-state index contributed by atoms with van der Waals surface area (Å²) in [6.07, 6.45) is 6.50. The molecule has 114 valence electrons. The van der Waals surface area contributed by atoms with Gasteiger partial charge in [0.2, 0.25) is 10.0 Å². The summed E-state index contributed by atoms with van der Waals surface area (Å²) in [5, 5.41) is 3.21. The third-order valence-corrected chi connectivity index (χ3v) is 5.43. The Morgan fingerprint density at radius 3 is 2.42 bits per heavy atom. The average molecular weight is 290 g/mol. The van der Waals surface area contributed by atoms with Crippen LogP contribution in [0.1, 0.15) is 52.4 Å². The highest BCUT2D eigenvalue weighted by Gasteiger charge is 2.20. The molecule has 1 saturated carbocycles. The van der Waals surface area contributed by atoms with Crippen LogP contribution in [-0.2, 0) is 10.0 Å². The normalized spacial score (nSPS) is 24.5. The van der Waals surface area contributed by atoms with Crippen molar-refractivity contribution in [3.05, 3.63) is 0 Å². The molecular weight excluding hydrogens is 260 g/mol. The van der Waals surface area contributed by atoms with Gasteiger partial charge >= 0.3 is 0 Å². The Bertz CT molecular complexity index is 322. The van der Waals surface area contributed by atoms with Crippen molar-refractivity contribution >= 4 is 10.0 Å². The Hall–Kier alpha value is -0.130. The van der Waals surface area contributed by atoms with Crippen molar-refractivity contribution in [1.82, 2.24) is 10.0 Å². The van der Waals surface area contributed by atoms with Gasteiger partial charge in [0.15, 0.2) is 0 Å². The molecule has 0 unspecified atom stereocenters. The maximum absolute atomic E-state index is 11.8. The van der Waals surface area contributed by atoms with Crippen molar-refractivity contribution in [1.29, 1.82) is 0 Å². The highest BCUT2D eigenvalue weighted by molar-refractivity contribution is 7.89. The molecule has 0 atom stereocenters. The molecule has 0 saturated heterocycles. The largest absolute Gasteiger partial charge is 0.317 e. The van der Waals surface area contributed by atoms with E-state index in [1.165, 1.54) is 25.7 Å². The Morgan fingerprint density at radius 1 is 1.11 bits per heavy atom. The summed E-state index contributed by atoms with van der Waals surface area (Å²) in [6, 6.07) is 0. The predicted molar refractivity (Wildman–Crippen MR) is 80.7 cm³/mol. The van der Waals surface area contributed by atoms with Crippen LogP contribution in [0.5, 0.6) is 0 Å². The van der Waals surface area contributed by atoms with Gasteiger partial charge in [-0.2, -0.15) is 0 Å². The van der Waals surface area contributed by atoms with Gasteiger partial charge in [-0.25, -0.2) is 13.1 Å². The van der Waals surface area contributed by atoms with Gasteiger partial charge in [-0.1, -0.05) is 26.7 Å². The Morgan fingerprint density at radius 2 is 1.79 bits per heavy atom. The van der Waals surface area contributed by atoms with Gasteiger partial charge in [0.1, 0.15) is 0 Å². The van der Waals surface area contributed by atoms with Crippen LogP contribution in [-0.4, -0.2) is 33.8 Å². The van der Waals surface area contributed by atoms with Crippen LogP contribution in [0.25, 0.3) is 0 Å². The Kier molecular flexibility index (Phi) is 7.95. The molecule has 0 bridgehead atoms. The van der Waals surface area contributed by atoms with E-state index in [1.54, 1.807) is 0 Å². The van der Waals surface area contributed by atoms with E-state index in [0.29, 0.717) is 12.5 Å². The van der Waals surface area contributed by atoms with E-state index in [2.05, 4.69) is 23.9 Å². The van der Waals surface area contributed by atoms with Crippen molar-refractivity contribution in [2.24, 2.45) is 11.8 Å². The van der Waals surface area contributed by atoms with Gasteiger partial charge in [-0.15, -0.1) is 0 Å². The number of rotatable bonds is 9. The summed E-state index contributed by atoms with van der Waals surface area (Å²) in [5.41, 5.74) is 0. The van der Waals surface area contributed by atoms with E-state index in [-0.39, 0.29) is 5.75 Å². The van der Waals surface area contributed by atoms with Crippen LogP contribution in [0.2, 0.25) is 0 Å². The van der Waals surface area contributed by atoms with Gasteiger partial charge in [0.05, 0.1) is 5.75 Å². The minimum atomic E-state index is -3.06. The SMILES string of the molecule is CCNCCCCS(=O)(=O)NCC1CCC(C)CC1.